The van der Waals surface area contributed by atoms with E-state index in [1.165, 1.54) is 0 Å². The fourth-order valence-electron chi connectivity index (χ4n) is 4.79. The number of benzene rings is 3. The van der Waals surface area contributed by atoms with Gasteiger partial charge in [0, 0.05) is 22.2 Å². The van der Waals surface area contributed by atoms with Crippen LogP contribution < -0.4 is 20.1 Å². The third-order valence-corrected chi connectivity index (χ3v) is 8.62. The second-order valence-corrected chi connectivity index (χ2v) is 12.4. The highest BCUT2D eigenvalue weighted by Crippen LogP contribution is 2.43. The molecule has 0 radical (unpaired) electrons. The molecule has 0 aliphatic carbocycles. The Labute approximate surface area is 269 Å². The van der Waals surface area contributed by atoms with E-state index in [0.29, 0.717) is 56.6 Å². The first-order chi connectivity index (χ1) is 20.8. The topological polar surface area (TPSA) is 90.3 Å². The Balaban J connectivity index is 1.56. The summed E-state index contributed by atoms with van der Waals surface area (Å²) in [5.41, 5.74) is 4.75. The van der Waals surface area contributed by atoms with E-state index in [0.717, 1.165) is 34.6 Å². The van der Waals surface area contributed by atoms with E-state index >= 15 is 0 Å². The molecule has 43 heavy (non-hydrogen) atoms. The molecule has 1 aliphatic rings. The lowest BCUT2D eigenvalue weighted by Gasteiger charge is -2.29. The molecule has 1 aliphatic heterocycles. The zero-order valence-corrected chi connectivity index (χ0v) is 27.6. The van der Waals surface area contributed by atoms with Crippen LogP contribution in [0.4, 0.5) is 11.6 Å². The van der Waals surface area contributed by atoms with Crippen LogP contribution in [-0.4, -0.2) is 33.0 Å². The Bertz CT molecular complexity index is 1660. The Morgan fingerprint density at radius 2 is 1.91 bits per heavy atom. The zero-order chi connectivity index (χ0) is 30.5. The number of ether oxygens (including phenoxy) is 2. The van der Waals surface area contributed by atoms with Gasteiger partial charge in [0.05, 0.1) is 16.7 Å². The normalized spacial score (nSPS) is 14.2. The van der Waals surface area contributed by atoms with Crippen molar-refractivity contribution in [1.82, 2.24) is 14.8 Å². The second kappa shape index (κ2) is 13.9. The highest BCUT2D eigenvalue weighted by atomic mass is 79.9. The summed E-state index contributed by atoms with van der Waals surface area (Å²) in [6.45, 7) is 8.68. The smallest absolute Gasteiger partial charge is 0.255 e. The number of nitrogens with zero attached hydrogens (tertiary/aromatic N) is 3. The summed E-state index contributed by atoms with van der Waals surface area (Å²) in [6.07, 6.45) is 0.995. The van der Waals surface area contributed by atoms with Crippen molar-refractivity contribution in [2.24, 2.45) is 0 Å². The van der Waals surface area contributed by atoms with Gasteiger partial charge in [0.15, 0.2) is 11.5 Å². The maximum Gasteiger partial charge on any atom is 0.255 e. The molecule has 0 saturated heterocycles. The molecule has 4 aromatic rings. The van der Waals surface area contributed by atoms with Gasteiger partial charge in [0.2, 0.25) is 11.1 Å². The molecule has 8 nitrogen and oxygen atoms in total. The number of fused-ring (bicyclic) bond motifs is 1. The Hall–Kier alpha value is -3.47. The minimum absolute atomic E-state index is 0.235. The van der Waals surface area contributed by atoms with Crippen molar-refractivity contribution in [3.8, 4) is 11.5 Å². The molecule has 2 heterocycles. The van der Waals surface area contributed by atoms with Gasteiger partial charge in [-0.15, -0.1) is 5.10 Å². The molecule has 0 bridgehead atoms. The second-order valence-electron chi connectivity index (χ2n) is 10.1. The van der Waals surface area contributed by atoms with E-state index in [-0.39, 0.29) is 5.91 Å². The standard InChI is InChI=1S/C32H33BrClN5O3S/c1-5-14-43-32-37-31-35-20(4)27(30(40)36-24-9-7-8-19(3)15-24)28(39(31)38-32)22-16-25(33)29(26(17-22)41-6-2)42-18-21-10-12-23(34)13-11-21/h7-13,15-17,28H,5-6,14,18H2,1-4H3,(H,36,40)(H,35,37,38). The SMILES string of the molecule is CCCSc1nc2n(n1)C(c1cc(Br)c(OCc3ccc(Cl)cc3)c(OCC)c1)C(C(=O)Nc1cccc(C)c1)=C(C)N2. The van der Waals surface area contributed by atoms with E-state index in [2.05, 4.69) is 33.5 Å². The lowest BCUT2D eigenvalue weighted by molar-refractivity contribution is -0.113. The average molecular weight is 683 g/mol. The summed E-state index contributed by atoms with van der Waals surface area (Å²) in [5, 5.41) is 12.5. The Morgan fingerprint density at radius 1 is 1.12 bits per heavy atom. The largest absolute Gasteiger partial charge is 0.490 e. The number of amides is 1. The molecule has 0 saturated carbocycles. The summed E-state index contributed by atoms with van der Waals surface area (Å²) in [4.78, 5) is 18.7. The van der Waals surface area contributed by atoms with Crippen LogP contribution in [0.3, 0.4) is 0 Å². The van der Waals surface area contributed by atoms with Gasteiger partial charge in [-0.2, -0.15) is 4.98 Å². The van der Waals surface area contributed by atoms with Crippen LogP contribution in [0.15, 0.2) is 81.6 Å². The van der Waals surface area contributed by atoms with Crippen molar-refractivity contribution in [3.05, 3.63) is 98.1 Å². The zero-order valence-electron chi connectivity index (χ0n) is 24.4. The Morgan fingerprint density at radius 3 is 2.63 bits per heavy atom. The highest BCUT2D eigenvalue weighted by molar-refractivity contribution is 9.10. The fraction of sp³-hybridized carbons (Fsp3) is 0.281. The monoisotopic (exact) mass is 681 g/mol. The van der Waals surface area contributed by atoms with Crippen LogP contribution in [0, 0.1) is 6.92 Å². The Kier molecular flexibility index (Phi) is 10.00. The van der Waals surface area contributed by atoms with Crippen molar-refractivity contribution >= 4 is 56.8 Å². The molecule has 1 aromatic heterocycles. The number of carbonyl (C=O) groups excluding carboxylic acids is 1. The van der Waals surface area contributed by atoms with E-state index in [9.17, 15) is 4.79 Å². The van der Waals surface area contributed by atoms with Gasteiger partial charge in [0.1, 0.15) is 12.6 Å². The van der Waals surface area contributed by atoms with Gasteiger partial charge >= 0.3 is 0 Å². The summed E-state index contributed by atoms with van der Waals surface area (Å²) in [5.74, 6) is 2.35. The molecular formula is C32H33BrClN5O3S. The first kappa shape index (κ1) is 31.0. The van der Waals surface area contributed by atoms with Crippen LogP contribution in [0.2, 0.25) is 5.02 Å². The summed E-state index contributed by atoms with van der Waals surface area (Å²) >= 11 is 11.4. The van der Waals surface area contributed by atoms with Gasteiger partial charge < -0.3 is 20.1 Å². The number of anilines is 2. The minimum atomic E-state index is -0.578. The number of aromatic nitrogens is 3. The minimum Gasteiger partial charge on any atom is -0.490 e. The number of nitrogens with one attached hydrogen (secondary N) is 2. The third-order valence-electron chi connectivity index (χ3n) is 6.73. The van der Waals surface area contributed by atoms with E-state index in [4.69, 9.17) is 31.2 Å². The van der Waals surface area contributed by atoms with Gasteiger partial charge in [0.25, 0.3) is 5.91 Å². The highest BCUT2D eigenvalue weighted by Gasteiger charge is 2.35. The van der Waals surface area contributed by atoms with Crippen molar-refractivity contribution in [2.45, 2.75) is 51.9 Å². The van der Waals surface area contributed by atoms with Crippen molar-refractivity contribution < 1.29 is 14.3 Å². The molecule has 1 unspecified atom stereocenters. The molecule has 224 valence electrons. The summed E-state index contributed by atoms with van der Waals surface area (Å²) < 4.78 is 14.8. The number of rotatable bonds is 11. The lowest BCUT2D eigenvalue weighted by atomic mass is 9.94. The number of thioether (sulfide) groups is 1. The number of aryl methyl sites for hydroxylation is 1. The number of allylic oxidation sites excluding steroid dienone is 1. The van der Waals surface area contributed by atoms with E-state index < -0.39 is 6.04 Å². The number of carbonyl (C=O) groups is 1. The number of hydrogen-bond donors (Lipinski definition) is 2. The van der Waals surface area contributed by atoms with Crippen LogP contribution in [-0.2, 0) is 11.4 Å². The molecule has 1 atom stereocenters. The van der Waals surface area contributed by atoms with Crippen molar-refractivity contribution in [2.75, 3.05) is 23.0 Å². The summed E-state index contributed by atoms with van der Waals surface area (Å²) in [7, 11) is 0. The van der Waals surface area contributed by atoms with Gasteiger partial charge in [-0.3, -0.25) is 4.79 Å². The first-order valence-corrected chi connectivity index (χ1v) is 16.2. The third kappa shape index (κ3) is 7.20. The maximum atomic E-state index is 14.0. The van der Waals surface area contributed by atoms with Crippen molar-refractivity contribution in [1.29, 1.82) is 0 Å². The first-order valence-electron chi connectivity index (χ1n) is 14.1. The maximum absolute atomic E-state index is 14.0. The molecule has 2 N–H and O–H groups in total. The molecule has 11 heteroatoms. The predicted octanol–water partition coefficient (Wildman–Crippen LogP) is 8.41. The lowest BCUT2D eigenvalue weighted by Crippen LogP contribution is -2.31. The average Bonchev–Trinajstić information content (AvgIpc) is 3.38. The molecule has 0 fully saturated rings. The molecule has 5 rings (SSSR count). The van der Waals surface area contributed by atoms with Gasteiger partial charge in [-0.05, 0) is 96.2 Å². The van der Waals surface area contributed by atoms with Gasteiger partial charge in [-0.1, -0.05) is 54.6 Å². The molecule has 3 aromatic carbocycles. The van der Waals surface area contributed by atoms with Crippen LogP contribution in [0.1, 0.15) is 49.9 Å². The fourth-order valence-corrected chi connectivity index (χ4v) is 6.18. The predicted molar refractivity (Wildman–Crippen MR) is 176 cm³/mol. The van der Waals surface area contributed by atoms with Gasteiger partial charge in [-0.25, -0.2) is 4.68 Å². The number of hydrogen-bond acceptors (Lipinski definition) is 7. The summed E-state index contributed by atoms with van der Waals surface area (Å²) in [6, 6.07) is 18.5. The van der Waals surface area contributed by atoms with Crippen LogP contribution >= 0.6 is 39.3 Å². The van der Waals surface area contributed by atoms with E-state index in [1.54, 1.807) is 16.4 Å². The number of halogens is 2. The quantitative estimate of drug-likeness (QED) is 0.154. The molecular weight excluding hydrogens is 650 g/mol. The van der Waals surface area contributed by atoms with Crippen molar-refractivity contribution in [3.63, 3.8) is 0 Å². The molecule has 1 amide bonds. The van der Waals surface area contributed by atoms with E-state index in [1.807, 2.05) is 81.4 Å². The van der Waals surface area contributed by atoms with Crippen LogP contribution in [0.25, 0.3) is 0 Å². The molecule has 0 spiro atoms. The van der Waals surface area contributed by atoms with Crippen LogP contribution in [0.5, 0.6) is 11.5 Å².